The Kier molecular flexibility index (Phi) is 6.42. The monoisotopic (exact) mass is 281 g/mol. The van der Waals surface area contributed by atoms with Crippen LogP contribution in [0.4, 0.5) is 0 Å². The SMILES string of the molecule is CCN(Cc1ccccc1)C(=O)CSC(C)C(=O)O. The first-order valence-electron chi connectivity index (χ1n) is 6.20. The normalized spacial score (nSPS) is 11.9. The summed E-state index contributed by atoms with van der Waals surface area (Å²) in [6.45, 7) is 4.70. The Morgan fingerprint density at radius 1 is 1.32 bits per heavy atom. The second-order valence-corrected chi connectivity index (χ2v) is 5.51. The Balaban J connectivity index is 2.50. The minimum Gasteiger partial charge on any atom is -0.480 e. The van der Waals surface area contributed by atoms with E-state index in [4.69, 9.17) is 5.11 Å². The number of thioether (sulfide) groups is 1. The van der Waals surface area contributed by atoms with Crippen LogP contribution in [0.1, 0.15) is 19.4 Å². The topological polar surface area (TPSA) is 57.6 Å². The average Bonchev–Trinajstić information content (AvgIpc) is 2.42. The molecule has 1 aromatic rings. The number of rotatable bonds is 7. The summed E-state index contributed by atoms with van der Waals surface area (Å²) < 4.78 is 0. The van der Waals surface area contributed by atoms with Crippen LogP contribution in [0, 0.1) is 0 Å². The lowest BCUT2D eigenvalue weighted by molar-refractivity contribution is -0.136. The van der Waals surface area contributed by atoms with Crippen LogP contribution in [0.15, 0.2) is 30.3 Å². The lowest BCUT2D eigenvalue weighted by atomic mass is 10.2. The van der Waals surface area contributed by atoms with Crippen molar-refractivity contribution in [3.63, 3.8) is 0 Å². The number of hydrogen-bond acceptors (Lipinski definition) is 3. The zero-order valence-electron chi connectivity index (χ0n) is 11.2. The molecule has 5 heteroatoms. The molecule has 0 aliphatic heterocycles. The van der Waals surface area contributed by atoms with E-state index in [1.54, 1.807) is 11.8 Å². The van der Waals surface area contributed by atoms with Gasteiger partial charge in [0.2, 0.25) is 5.91 Å². The van der Waals surface area contributed by atoms with Gasteiger partial charge in [-0.1, -0.05) is 30.3 Å². The third-order valence-corrected chi connectivity index (χ3v) is 3.87. The van der Waals surface area contributed by atoms with Crippen molar-refractivity contribution in [2.45, 2.75) is 25.6 Å². The van der Waals surface area contributed by atoms with E-state index in [0.29, 0.717) is 13.1 Å². The first-order valence-corrected chi connectivity index (χ1v) is 7.25. The van der Waals surface area contributed by atoms with Gasteiger partial charge in [0.15, 0.2) is 0 Å². The summed E-state index contributed by atoms with van der Waals surface area (Å²) in [6, 6.07) is 9.77. The van der Waals surface area contributed by atoms with Crippen LogP contribution in [0.2, 0.25) is 0 Å². The molecule has 0 fully saturated rings. The number of benzene rings is 1. The van der Waals surface area contributed by atoms with Gasteiger partial charge in [-0.15, -0.1) is 11.8 Å². The van der Waals surface area contributed by atoms with E-state index in [-0.39, 0.29) is 11.7 Å². The average molecular weight is 281 g/mol. The molecule has 1 unspecified atom stereocenters. The fourth-order valence-corrected chi connectivity index (χ4v) is 2.26. The third kappa shape index (κ3) is 5.34. The van der Waals surface area contributed by atoms with Crippen molar-refractivity contribution in [3.05, 3.63) is 35.9 Å². The van der Waals surface area contributed by atoms with Crippen LogP contribution in [-0.2, 0) is 16.1 Å². The minimum absolute atomic E-state index is 0.0237. The Morgan fingerprint density at radius 3 is 2.47 bits per heavy atom. The highest BCUT2D eigenvalue weighted by atomic mass is 32.2. The molecule has 0 bridgehead atoms. The molecule has 0 saturated heterocycles. The van der Waals surface area contributed by atoms with Crippen LogP contribution in [0.25, 0.3) is 0 Å². The smallest absolute Gasteiger partial charge is 0.316 e. The number of carboxylic acids is 1. The molecule has 4 nitrogen and oxygen atoms in total. The Hall–Kier alpha value is -1.49. The summed E-state index contributed by atoms with van der Waals surface area (Å²) in [5.41, 5.74) is 1.08. The fraction of sp³-hybridized carbons (Fsp3) is 0.429. The number of carbonyl (C=O) groups excluding carboxylic acids is 1. The number of nitrogens with zero attached hydrogens (tertiary/aromatic N) is 1. The van der Waals surface area contributed by atoms with E-state index in [0.717, 1.165) is 17.3 Å². The Bertz CT molecular complexity index is 422. The number of aliphatic carboxylic acids is 1. The number of hydrogen-bond donors (Lipinski definition) is 1. The zero-order chi connectivity index (χ0) is 14.3. The molecule has 1 amide bonds. The summed E-state index contributed by atoms with van der Waals surface area (Å²) in [4.78, 5) is 24.4. The van der Waals surface area contributed by atoms with Crippen molar-refractivity contribution < 1.29 is 14.7 Å². The van der Waals surface area contributed by atoms with Crippen LogP contribution >= 0.6 is 11.8 Å². The number of carbonyl (C=O) groups is 2. The summed E-state index contributed by atoms with van der Waals surface area (Å²) in [7, 11) is 0. The largest absolute Gasteiger partial charge is 0.480 e. The molecule has 0 aliphatic carbocycles. The van der Waals surface area contributed by atoms with E-state index in [2.05, 4.69) is 0 Å². The van der Waals surface area contributed by atoms with Gasteiger partial charge in [0, 0.05) is 13.1 Å². The highest BCUT2D eigenvalue weighted by Crippen LogP contribution is 2.13. The van der Waals surface area contributed by atoms with Gasteiger partial charge in [-0.05, 0) is 19.4 Å². The number of amides is 1. The predicted molar refractivity (Wildman–Crippen MR) is 77.1 cm³/mol. The standard InChI is InChI=1S/C14H19NO3S/c1-3-15(9-12-7-5-4-6-8-12)13(16)10-19-11(2)14(17)18/h4-8,11H,3,9-10H2,1-2H3,(H,17,18). The van der Waals surface area contributed by atoms with Crippen molar-refractivity contribution in [2.75, 3.05) is 12.3 Å². The summed E-state index contributed by atoms with van der Waals surface area (Å²) in [6.07, 6.45) is 0. The highest BCUT2D eigenvalue weighted by Gasteiger charge is 2.17. The van der Waals surface area contributed by atoms with Crippen molar-refractivity contribution in [3.8, 4) is 0 Å². The molecule has 104 valence electrons. The van der Waals surface area contributed by atoms with E-state index in [1.165, 1.54) is 0 Å². The van der Waals surface area contributed by atoms with E-state index < -0.39 is 11.2 Å². The lowest BCUT2D eigenvalue weighted by Gasteiger charge is -2.21. The molecular formula is C14H19NO3S. The maximum atomic E-state index is 12.0. The van der Waals surface area contributed by atoms with Gasteiger partial charge in [0.25, 0.3) is 0 Å². The Morgan fingerprint density at radius 2 is 1.95 bits per heavy atom. The summed E-state index contributed by atoms with van der Waals surface area (Å²) in [5, 5.41) is 8.22. The molecule has 1 N–H and O–H groups in total. The van der Waals surface area contributed by atoms with Crippen LogP contribution in [0.3, 0.4) is 0 Å². The molecule has 0 spiro atoms. The van der Waals surface area contributed by atoms with Gasteiger partial charge in [0.05, 0.1) is 11.0 Å². The van der Waals surface area contributed by atoms with E-state index in [1.807, 2.05) is 37.3 Å². The van der Waals surface area contributed by atoms with Crippen molar-refractivity contribution in [1.29, 1.82) is 0 Å². The molecule has 1 atom stereocenters. The van der Waals surface area contributed by atoms with E-state index in [9.17, 15) is 9.59 Å². The number of carboxylic acid groups (broad SMARTS) is 1. The van der Waals surface area contributed by atoms with Gasteiger partial charge in [-0.3, -0.25) is 9.59 Å². The molecule has 1 aromatic carbocycles. The molecule has 0 aliphatic rings. The highest BCUT2D eigenvalue weighted by molar-refractivity contribution is 8.01. The molecule has 1 rings (SSSR count). The Labute approximate surface area is 117 Å². The second-order valence-electron chi connectivity index (χ2n) is 4.18. The fourth-order valence-electron chi connectivity index (χ4n) is 1.54. The molecule has 0 radical (unpaired) electrons. The van der Waals surface area contributed by atoms with Gasteiger partial charge in [-0.25, -0.2) is 0 Å². The molecule has 0 aromatic heterocycles. The van der Waals surface area contributed by atoms with Gasteiger partial charge >= 0.3 is 5.97 Å². The van der Waals surface area contributed by atoms with Crippen LogP contribution in [0.5, 0.6) is 0 Å². The summed E-state index contributed by atoms with van der Waals surface area (Å²) >= 11 is 1.16. The molecule has 0 saturated carbocycles. The first-order chi connectivity index (χ1) is 9.04. The molecule has 0 heterocycles. The van der Waals surface area contributed by atoms with Crippen LogP contribution in [-0.4, -0.2) is 39.4 Å². The van der Waals surface area contributed by atoms with E-state index >= 15 is 0 Å². The second kappa shape index (κ2) is 7.84. The van der Waals surface area contributed by atoms with Crippen molar-refractivity contribution in [2.24, 2.45) is 0 Å². The maximum Gasteiger partial charge on any atom is 0.316 e. The minimum atomic E-state index is -0.885. The van der Waals surface area contributed by atoms with Crippen molar-refractivity contribution in [1.82, 2.24) is 4.90 Å². The summed E-state index contributed by atoms with van der Waals surface area (Å²) in [5.74, 6) is -0.706. The predicted octanol–water partition coefficient (Wildman–Crippen LogP) is 2.24. The quantitative estimate of drug-likeness (QED) is 0.832. The van der Waals surface area contributed by atoms with Crippen molar-refractivity contribution >= 4 is 23.6 Å². The first kappa shape index (κ1) is 15.6. The van der Waals surface area contributed by atoms with Gasteiger partial charge in [0.1, 0.15) is 0 Å². The molecular weight excluding hydrogens is 262 g/mol. The van der Waals surface area contributed by atoms with Gasteiger partial charge < -0.3 is 10.0 Å². The zero-order valence-corrected chi connectivity index (χ0v) is 12.0. The molecule has 19 heavy (non-hydrogen) atoms. The maximum absolute atomic E-state index is 12.0. The van der Waals surface area contributed by atoms with Crippen LogP contribution < -0.4 is 0 Å². The lowest BCUT2D eigenvalue weighted by Crippen LogP contribution is -2.32. The third-order valence-electron chi connectivity index (χ3n) is 2.76. The van der Waals surface area contributed by atoms with Gasteiger partial charge in [-0.2, -0.15) is 0 Å².